The van der Waals surface area contributed by atoms with Gasteiger partial charge in [0.2, 0.25) is 17.7 Å². The number of aliphatic hydroxyl groups is 1. The van der Waals surface area contributed by atoms with Crippen LogP contribution in [0.25, 0.3) is 0 Å². The van der Waals surface area contributed by atoms with Crippen molar-refractivity contribution in [1.29, 1.82) is 0 Å². The van der Waals surface area contributed by atoms with Crippen molar-refractivity contribution >= 4 is 59.4 Å². The van der Waals surface area contributed by atoms with Crippen molar-refractivity contribution in [3.63, 3.8) is 0 Å². The van der Waals surface area contributed by atoms with Crippen LogP contribution in [0.2, 0.25) is 0 Å². The molecule has 12 atom stereocenters. The zero-order valence-corrected chi connectivity index (χ0v) is 49.5. The molecule has 4 aliphatic rings. The van der Waals surface area contributed by atoms with Gasteiger partial charge in [-0.3, -0.25) is 33.7 Å². The number of anilines is 1. The molecule has 4 heterocycles. The van der Waals surface area contributed by atoms with Gasteiger partial charge in [0, 0.05) is 88.9 Å². The number of rotatable bonds is 30. The number of aliphatic carboxylic acids is 1. The number of hydrogen-bond acceptors (Lipinski definition) is 15. The molecule has 5 rings (SSSR count). The van der Waals surface area contributed by atoms with Crippen LogP contribution in [0.3, 0.4) is 0 Å². The lowest BCUT2D eigenvalue weighted by Gasteiger charge is -2.41. The Kier molecular flexibility index (Phi) is 25.5. The van der Waals surface area contributed by atoms with E-state index in [0.717, 1.165) is 16.9 Å². The zero-order chi connectivity index (χ0) is 61.1. The Morgan fingerprint density at radius 1 is 0.892 bits per heavy atom. The predicted molar refractivity (Wildman–Crippen MR) is 305 cm³/mol. The maximum Gasteiger partial charge on any atom is 0.410 e. The van der Waals surface area contributed by atoms with Gasteiger partial charge >= 0.3 is 24.2 Å². The molecule has 24 nitrogen and oxygen atoms in total. The highest BCUT2D eigenvalue weighted by Crippen LogP contribution is 2.47. The third-order valence-electron chi connectivity index (χ3n) is 15.6. The minimum absolute atomic E-state index is 0.00638. The molecule has 0 spiro atoms. The third kappa shape index (κ3) is 20.5. The molecular weight excluding hydrogens is 1080 g/mol. The van der Waals surface area contributed by atoms with Crippen molar-refractivity contribution < 1.29 is 77.0 Å². The number of benzene rings is 1. The first-order valence-electron chi connectivity index (χ1n) is 28.8. The first kappa shape index (κ1) is 66.9. The molecule has 4 aliphatic heterocycles. The van der Waals surface area contributed by atoms with Gasteiger partial charge in [-0.1, -0.05) is 71.4 Å². The molecule has 24 heteroatoms. The van der Waals surface area contributed by atoms with E-state index in [9.17, 15) is 53.4 Å². The van der Waals surface area contributed by atoms with Crippen molar-refractivity contribution in [2.45, 2.75) is 174 Å². The summed E-state index contributed by atoms with van der Waals surface area (Å²) < 4.78 is 29.6. The summed E-state index contributed by atoms with van der Waals surface area (Å²) in [6.07, 6.45) is 7.10. The molecule has 0 bridgehead atoms. The average Bonchev–Trinajstić information content (AvgIpc) is 2.74. The number of allylic oxidation sites excluding steroid dienone is 3. The number of carboxylic acid groups (broad SMARTS) is 1. The van der Waals surface area contributed by atoms with Crippen LogP contribution in [0.1, 0.15) is 119 Å². The first-order chi connectivity index (χ1) is 39.3. The molecule has 3 fully saturated rings. The number of aliphatic hydroxyl groups excluding tert-OH is 1. The fourth-order valence-corrected chi connectivity index (χ4v) is 11.0. The van der Waals surface area contributed by atoms with E-state index in [0.29, 0.717) is 30.5 Å². The standard InChI is InChI=1S/C59H88N8O16/c1-35(2)50(64-46(69)18-11-10-12-26-67-47(70)23-24-48(67)71)55(75)63-44(17-14-25-61-56(60)76)54(74)62-42-21-19-41(20-22-42)34-80-57(77)65-27-29-66(30-28-65)58(78)82-45-31-43(32-49(72)73)81-51(38(45)5)37(4)16-13-15-36(3)33-59(8)53(83-59)39(6)52(79-9)40(7)68/h13,15-16,19-24,35-36,38-40,43-45,50-53,68H,10-12,14,17-18,25-34H2,1-9H3,(H,62,74)(H,63,75)(H,64,69)(H,72,73)(H3,60,61,76)/b15-13+,37-16+/t36-,38+,39-,40-,43-,44+,45-,50+,51-,52-,53-,59-/m1/s1. The highest BCUT2D eigenvalue weighted by molar-refractivity contribution is 6.12. The molecule has 0 aliphatic carbocycles. The summed E-state index contributed by atoms with van der Waals surface area (Å²) in [6, 6.07) is 3.74. The van der Waals surface area contributed by atoms with Gasteiger partial charge in [0.1, 0.15) is 24.8 Å². The Labute approximate surface area is 486 Å². The molecule has 0 saturated carbocycles. The summed E-state index contributed by atoms with van der Waals surface area (Å²) in [5, 5.41) is 30.6. The van der Waals surface area contributed by atoms with Gasteiger partial charge in [-0.15, -0.1) is 0 Å². The lowest BCUT2D eigenvalue weighted by Crippen LogP contribution is -2.54. The minimum Gasteiger partial charge on any atom is -0.481 e. The minimum atomic E-state index is -1.08. The molecule has 460 valence electrons. The number of unbranched alkanes of at least 4 members (excludes halogenated alkanes) is 2. The Balaban J connectivity index is 1.07. The van der Waals surface area contributed by atoms with Crippen molar-refractivity contribution in [2.24, 2.45) is 29.4 Å². The maximum absolute atomic E-state index is 13.7. The van der Waals surface area contributed by atoms with Gasteiger partial charge in [0.25, 0.3) is 11.8 Å². The number of urea groups is 1. The normalized spacial score (nSPS) is 23.9. The molecule has 3 saturated heterocycles. The van der Waals surface area contributed by atoms with Gasteiger partial charge in [0.15, 0.2) is 0 Å². The molecule has 1 aromatic rings. The van der Waals surface area contributed by atoms with E-state index in [1.807, 2.05) is 32.9 Å². The van der Waals surface area contributed by atoms with E-state index in [2.05, 4.69) is 41.2 Å². The Morgan fingerprint density at radius 2 is 1.54 bits per heavy atom. The van der Waals surface area contributed by atoms with Crippen molar-refractivity contribution in [2.75, 3.05) is 51.7 Å². The number of carboxylic acids is 1. The van der Waals surface area contributed by atoms with Crippen LogP contribution in [0.5, 0.6) is 0 Å². The second kappa shape index (κ2) is 31.7. The number of nitrogens with one attached hydrogen (secondary N) is 4. The van der Waals surface area contributed by atoms with Crippen LogP contribution in [-0.4, -0.2) is 179 Å². The van der Waals surface area contributed by atoms with Crippen molar-refractivity contribution in [3.05, 3.63) is 65.8 Å². The topological polar surface area (TPSA) is 327 Å². The van der Waals surface area contributed by atoms with Crippen LogP contribution in [0.4, 0.5) is 20.1 Å². The number of carbonyl (C=O) groups is 9. The highest BCUT2D eigenvalue weighted by atomic mass is 16.6. The smallest absolute Gasteiger partial charge is 0.410 e. The fraction of sp³-hybridized carbons (Fsp3) is 0.644. The third-order valence-corrected chi connectivity index (χ3v) is 15.6. The first-order valence-corrected chi connectivity index (χ1v) is 28.8. The Morgan fingerprint density at radius 3 is 2.14 bits per heavy atom. The molecule has 0 unspecified atom stereocenters. The Hall–Kier alpha value is -6.89. The van der Waals surface area contributed by atoms with Crippen LogP contribution in [0, 0.1) is 23.7 Å². The lowest BCUT2D eigenvalue weighted by molar-refractivity contribution is -0.151. The van der Waals surface area contributed by atoms with E-state index >= 15 is 0 Å². The largest absolute Gasteiger partial charge is 0.481 e. The summed E-state index contributed by atoms with van der Waals surface area (Å²) >= 11 is 0. The van der Waals surface area contributed by atoms with Crippen LogP contribution in [0.15, 0.2) is 60.2 Å². The van der Waals surface area contributed by atoms with Gasteiger partial charge in [0.05, 0.1) is 42.5 Å². The van der Waals surface area contributed by atoms with E-state index in [-0.39, 0.29) is 137 Å². The predicted octanol–water partition coefficient (Wildman–Crippen LogP) is 4.93. The second-order valence-corrected chi connectivity index (χ2v) is 22.9. The van der Waals surface area contributed by atoms with E-state index in [4.69, 9.17) is 29.4 Å². The number of methoxy groups -OCH3 is 1. The van der Waals surface area contributed by atoms with Crippen LogP contribution in [-0.2, 0) is 59.1 Å². The number of epoxide rings is 1. The van der Waals surface area contributed by atoms with Crippen molar-refractivity contribution in [1.82, 2.24) is 30.7 Å². The van der Waals surface area contributed by atoms with Crippen LogP contribution < -0.4 is 27.0 Å². The lowest BCUT2D eigenvalue weighted by atomic mass is 9.85. The van der Waals surface area contributed by atoms with E-state index in [1.54, 1.807) is 52.1 Å². The van der Waals surface area contributed by atoms with Crippen LogP contribution >= 0.6 is 0 Å². The van der Waals surface area contributed by atoms with Gasteiger partial charge in [-0.2, -0.15) is 0 Å². The number of carbonyl (C=O) groups excluding carboxylic acids is 8. The van der Waals surface area contributed by atoms with E-state index < -0.39 is 72.5 Å². The molecule has 0 radical (unpaired) electrons. The number of nitrogens with two attached hydrogens (primary N) is 1. The monoisotopic (exact) mass is 1160 g/mol. The molecule has 9 amide bonds. The molecular formula is C59H88N8O16. The summed E-state index contributed by atoms with van der Waals surface area (Å²) in [4.78, 5) is 118. The summed E-state index contributed by atoms with van der Waals surface area (Å²) in [5.74, 6) is -3.78. The second-order valence-electron chi connectivity index (χ2n) is 22.9. The quantitative estimate of drug-likeness (QED) is 0.0232. The molecule has 1 aromatic carbocycles. The molecule has 8 N–H and O–H groups in total. The summed E-state index contributed by atoms with van der Waals surface area (Å²) in [5.41, 5.74) is 6.70. The summed E-state index contributed by atoms with van der Waals surface area (Å²) in [6.45, 7) is 16.2. The SMILES string of the molecule is CO[C@H]([C@@H](C)[C@H]1O[C@]1(C)C[C@H](C)/C=C/C=C(\C)[C@H]1O[C@@H](CC(=O)O)C[C@@H](OC(=O)N2CCN(C(=O)OCc3ccc(NC(=O)[C@H](CCCNC(N)=O)NC(=O)[C@@H](NC(=O)CCCCCN4C(=O)C=CC4=O)C(C)C)cc3)CC2)[C@@H]1C)[C@@H](C)O. The maximum atomic E-state index is 13.7. The number of ether oxygens (including phenoxy) is 5. The number of hydrogen-bond donors (Lipinski definition) is 7. The average molecular weight is 1170 g/mol. The molecule has 0 aromatic heterocycles. The van der Waals surface area contributed by atoms with Crippen molar-refractivity contribution in [3.8, 4) is 0 Å². The number of amides is 9. The zero-order valence-electron chi connectivity index (χ0n) is 49.5. The van der Waals surface area contributed by atoms with Gasteiger partial charge in [-0.05, 0) is 88.0 Å². The molecule has 83 heavy (non-hydrogen) atoms. The van der Waals surface area contributed by atoms with Gasteiger partial charge < -0.3 is 70.7 Å². The highest BCUT2D eigenvalue weighted by Gasteiger charge is 2.57. The number of imide groups is 1. The fourth-order valence-electron chi connectivity index (χ4n) is 11.0. The number of nitrogens with zero attached hydrogens (tertiary/aromatic N) is 3. The summed E-state index contributed by atoms with van der Waals surface area (Å²) in [7, 11) is 1.59. The van der Waals surface area contributed by atoms with Gasteiger partial charge in [-0.25, -0.2) is 14.4 Å². The number of primary amides is 1. The Bertz CT molecular complexity index is 2500. The van der Waals surface area contributed by atoms with E-state index in [1.165, 1.54) is 22.0 Å². The number of piperazine rings is 1.